The van der Waals surface area contributed by atoms with Crippen molar-refractivity contribution in [3.63, 3.8) is 0 Å². The largest absolute Gasteiger partial charge is 0.462 e. The summed E-state index contributed by atoms with van der Waals surface area (Å²) in [7, 11) is 2.05. The smallest absolute Gasteiger partial charge is 0.234 e. The second-order valence-electron chi connectivity index (χ2n) is 10.6. The highest BCUT2D eigenvalue weighted by Gasteiger charge is 2.58. The summed E-state index contributed by atoms with van der Waals surface area (Å²) in [5.74, 6) is 0.651. The molecule has 166 valence electrons. The number of carbonyl (C=O) groups excluding carboxylic acids is 2. The molecule has 3 aliphatic rings. The van der Waals surface area contributed by atoms with Crippen LogP contribution in [0.3, 0.4) is 0 Å². The number of benzene rings is 2. The Hall–Kier alpha value is -3.08. The van der Waals surface area contributed by atoms with E-state index in [0.29, 0.717) is 5.69 Å². The van der Waals surface area contributed by atoms with Crippen molar-refractivity contribution in [2.45, 2.75) is 64.0 Å². The van der Waals surface area contributed by atoms with Crippen LogP contribution in [0, 0.1) is 0 Å². The molecule has 0 bridgehead atoms. The molecule has 5 nitrogen and oxygen atoms in total. The summed E-state index contributed by atoms with van der Waals surface area (Å²) < 4.78 is 6.95. The highest BCUT2D eigenvalue weighted by atomic mass is 16.5. The summed E-state index contributed by atoms with van der Waals surface area (Å²) in [6, 6.07) is 12.2. The van der Waals surface area contributed by atoms with Crippen molar-refractivity contribution in [3.8, 4) is 5.75 Å². The van der Waals surface area contributed by atoms with Crippen LogP contribution in [0.25, 0.3) is 6.08 Å². The highest BCUT2D eigenvalue weighted by Crippen LogP contribution is 2.56. The number of para-hydroxylation sites is 1. The van der Waals surface area contributed by atoms with Crippen LogP contribution in [-0.2, 0) is 20.4 Å². The van der Waals surface area contributed by atoms with Gasteiger partial charge in [-0.05, 0) is 55.2 Å². The quantitative estimate of drug-likeness (QED) is 0.586. The maximum atomic E-state index is 12.3. The van der Waals surface area contributed by atoms with E-state index in [-0.39, 0.29) is 30.1 Å². The molecule has 0 aromatic heterocycles. The second kappa shape index (κ2) is 6.47. The first-order valence-electron chi connectivity index (χ1n) is 11.2. The van der Waals surface area contributed by atoms with Gasteiger partial charge in [-0.3, -0.25) is 14.5 Å². The van der Waals surface area contributed by atoms with Crippen molar-refractivity contribution < 1.29 is 14.3 Å². The Morgan fingerprint density at radius 1 is 1.00 bits per heavy atom. The van der Waals surface area contributed by atoms with Gasteiger partial charge in [-0.15, -0.1) is 0 Å². The van der Waals surface area contributed by atoms with Gasteiger partial charge >= 0.3 is 0 Å². The molecule has 0 radical (unpaired) electrons. The lowest BCUT2D eigenvalue weighted by Crippen LogP contribution is -2.58. The zero-order chi connectivity index (χ0) is 23.1. The van der Waals surface area contributed by atoms with Crippen LogP contribution in [0.15, 0.2) is 42.5 Å². The molecule has 1 atom stereocenters. The predicted molar refractivity (Wildman–Crippen MR) is 127 cm³/mol. The molecular weight excluding hydrogens is 400 g/mol. The normalized spacial score (nSPS) is 23.6. The van der Waals surface area contributed by atoms with Crippen molar-refractivity contribution in [3.05, 3.63) is 59.2 Å². The van der Waals surface area contributed by atoms with Crippen molar-refractivity contribution in [2.75, 3.05) is 16.8 Å². The number of nitrogens with zero attached hydrogens (tertiary/aromatic N) is 2. The van der Waals surface area contributed by atoms with Gasteiger partial charge in [0.1, 0.15) is 5.75 Å². The standard InChI is InChI=1S/C27H30N2O3/c1-25(2,3)19-9-7-8-17-14-15-27(32-24(17)19)26(4,5)20-16-18(10-11-21(20)28(27)6)29-22(30)12-13-23(29)31/h7-11,14-16H,12-13H2,1-6H3. The van der Waals surface area contributed by atoms with Gasteiger partial charge in [0.05, 0.1) is 11.1 Å². The summed E-state index contributed by atoms with van der Waals surface area (Å²) in [4.78, 5) is 28.2. The number of likely N-dealkylation sites (N-methyl/N-ethyl adjacent to an activating group) is 1. The molecule has 1 fully saturated rings. The fourth-order valence-electron chi connectivity index (χ4n) is 5.41. The molecule has 1 spiro atoms. The van der Waals surface area contributed by atoms with Gasteiger partial charge in [0, 0.05) is 36.7 Å². The molecule has 0 N–H and O–H groups in total. The van der Waals surface area contributed by atoms with Gasteiger partial charge < -0.3 is 9.64 Å². The molecule has 0 saturated carbocycles. The summed E-state index contributed by atoms with van der Waals surface area (Å²) in [6.45, 7) is 10.9. The Kier molecular flexibility index (Phi) is 4.21. The van der Waals surface area contributed by atoms with Gasteiger partial charge in [0.2, 0.25) is 17.5 Å². The molecule has 3 heterocycles. The Labute approximate surface area is 189 Å². The van der Waals surface area contributed by atoms with Gasteiger partial charge in [0.15, 0.2) is 0 Å². The number of anilines is 2. The fourth-order valence-corrected chi connectivity index (χ4v) is 5.41. The average Bonchev–Trinajstić information content (AvgIpc) is 3.15. The van der Waals surface area contributed by atoms with Crippen LogP contribution < -0.4 is 14.5 Å². The molecule has 2 aromatic carbocycles. The molecule has 3 aliphatic heterocycles. The Bertz CT molecular complexity index is 1170. The molecule has 1 unspecified atom stereocenters. The minimum absolute atomic E-state index is 0.0600. The van der Waals surface area contributed by atoms with Crippen molar-refractivity contribution in [2.24, 2.45) is 0 Å². The zero-order valence-corrected chi connectivity index (χ0v) is 19.7. The molecule has 1 saturated heterocycles. The van der Waals surface area contributed by atoms with E-state index in [0.717, 1.165) is 22.6 Å². The van der Waals surface area contributed by atoms with Crippen LogP contribution in [0.2, 0.25) is 0 Å². The Morgan fingerprint density at radius 3 is 2.34 bits per heavy atom. The number of rotatable bonds is 1. The van der Waals surface area contributed by atoms with E-state index >= 15 is 0 Å². The first-order valence-corrected chi connectivity index (χ1v) is 11.2. The lowest BCUT2D eigenvalue weighted by Gasteiger charge is -2.46. The fraction of sp³-hybridized carbons (Fsp3) is 0.407. The first kappa shape index (κ1) is 20.8. The van der Waals surface area contributed by atoms with Gasteiger partial charge in [-0.2, -0.15) is 0 Å². The molecule has 5 rings (SSSR count). The number of amides is 2. The number of ether oxygens (including phenoxy) is 1. The van der Waals surface area contributed by atoms with Gasteiger partial charge in [-0.25, -0.2) is 0 Å². The molecule has 32 heavy (non-hydrogen) atoms. The SMILES string of the molecule is CN1c2ccc(N3C(=O)CCC3=O)cc2C(C)(C)C12C=Cc1cccc(C(C)(C)C)c1O2. The van der Waals surface area contributed by atoms with E-state index in [1.807, 2.05) is 18.2 Å². The van der Waals surface area contributed by atoms with Gasteiger partial charge in [-0.1, -0.05) is 39.0 Å². The van der Waals surface area contributed by atoms with E-state index in [1.165, 1.54) is 10.5 Å². The summed E-state index contributed by atoms with van der Waals surface area (Å²) in [6.07, 6.45) is 4.86. The lowest BCUT2D eigenvalue weighted by atomic mass is 9.75. The molecular formula is C27H30N2O3. The van der Waals surface area contributed by atoms with Crippen molar-refractivity contribution in [1.82, 2.24) is 0 Å². The summed E-state index contributed by atoms with van der Waals surface area (Å²) in [5.41, 5.74) is 3.79. The summed E-state index contributed by atoms with van der Waals surface area (Å²) in [5, 5.41) is 0. The number of hydrogen-bond donors (Lipinski definition) is 0. The number of hydrogen-bond acceptors (Lipinski definition) is 4. The van der Waals surface area contributed by atoms with Crippen LogP contribution in [-0.4, -0.2) is 24.6 Å². The third-order valence-corrected chi connectivity index (χ3v) is 7.32. The van der Waals surface area contributed by atoms with Crippen LogP contribution in [0.1, 0.15) is 64.2 Å². The third kappa shape index (κ3) is 2.63. The van der Waals surface area contributed by atoms with E-state index in [2.05, 4.69) is 76.9 Å². The topological polar surface area (TPSA) is 49.9 Å². The number of imide groups is 1. The number of carbonyl (C=O) groups is 2. The Morgan fingerprint density at radius 2 is 1.69 bits per heavy atom. The average molecular weight is 431 g/mol. The predicted octanol–water partition coefficient (Wildman–Crippen LogP) is 5.17. The van der Waals surface area contributed by atoms with Crippen LogP contribution in [0.5, 0.6) is 5.75 Å². The van der Waals surface area contributed by atoms with E-state index in [1.54, 1.807) is 0 Å². The summed E-state index contributed by atoms with van der Waals surface area (Å²) >= 11 is 0. The monoisotopic (exact) mass is 430 g/mol. The lowest BCUT2D eigenvalue weighted by molar-refractivity contribution is -0.121. The maximum Gasteiger partial charge on any atom is 0.234 e. The number of fused-ring (bicyclic) bond motifs is 2. The molecule has 2 amide bonds. The van der Waals surface area contributed by atoms with Crippen LogP contribution >= 0.6 is 0 Å². The molecule has 2 aromatic rings. The Balaban J connectivity index is 1.63. The van der Waals surface area contributed by atoms with Gasteiger partial charge in [0.25, 0.3) is 0 Å². The van der Waals surface area contributed by atoms with Crippen LogP contribution in [0.4, 0.5) is 11.4 Å². The molecule has 5 heteroatoms. The third-order valence-electron chi connectivity index (χ3n) is 7.32. The maximum absolute atomic E-state index is 12.3. The van der Waals surface area contributed by atoms with Crippen molar-refractivity contribution >= 4 is 29.3 Å². The minimum atomic E-state index is -0.721. The van der Waals surface area contributed by atoms with E-state index < -0.39 is 11.1 Å². The minimum Gasteiger partial charge on any atom is -0.462 e. The highest BCUT2D eigenvalue weighted by molar-refractivity contribution is 6.20. The molecule has 0 aliphatic carbocycles. The first-order chi connectivity index (χ1) is 15.0. The second-order valence-corrected chi connectivity index (χ2v) is 10.6. The van der Waals surface area contributed by atoms with E-state index in [4.69, 9.17) is 4.74 Å². The van der Waals surface area contributed by atoms with Crippen molar-refractivity contribution in [1.29, 1.82) is 0 Å². The van der Waals surface area contributed by atoms with E-state index in [9.17, 15) is 9.59 Å². The zero-order valence-electron chi connectivity index (χ0n) is 19.7.